The van der Waals surface area contributed by atoms with E-state index in [2.05, 4.69) is 10.4 Å². The Labute approximate surface area is 346 Å². The second-order valence-electron chi connectivity index (χ2n) is 15.8. The molecule has 0 aliphatic carbocycles. The van der Waals surface area contributed by atoms with Crippen LogP contribution in [0.3, 0.4) is 0 Å². The van der Waals surface area contributed by atoms with Crippen LogP contribution in [0, 0.1) is 30.6 Å². The number of aliphatic hydroxyl groups excluding tert-OH is 2. The molecule has 0 unspecified atom stereocenters. The highest BCUT2D eigenvalue weighted by Gasteiger charge is 2.50. The summed E-state index contributed by atoms with van der Waals surface area (Å²) in [6.45, 7) is 17.6. The number of aliphatic hydroxyl groups is 2. The predicted molar refractivity (Wildman–Crippen MR) is 224 cm³/mol. The lowest BCUT2D eigenvalue weighted by atomic mass is 9.78. The van der Waals surface area contributed by atoms with Crippen molar-refractivity contribution in [2.75, 3.05) is 25.5 Å². The number of allylic oxidation sites excluding steroid dienone is 2. The summed E-state index contributed by atoms with van der Waals surface area (Å²) in [5.74, 6) is -8.35. The molecule has 5 bridgehead atoms. The fraction of sp³-hybridized carbons (Fsp3) is 0.545. The van der Waals surface area contributed by atoms with Crippen LogP contribution in [0.2, 0.25) is 0 Å². The van der Waals surface area contributed by atoms with Gasteiger partial charge in [-0.15, -0.1) is 0 Å². The highest BCUT2D eigenvalue weighted by Crippen LogP contribution is 2.55. The average Bonchev–Trinajstić information content (AvgIpc) is 3.46. The maximum Gasteiger partial charge on any atom is 0.312 e. The van der Waals surface area contributed by atoms with Gasteiger partial charge in [-0.05, 0) is 32.8 Å². The number of ether oxygens (including phenoxy) is 4. The van der Waals surface area contributed by atoms with Crippen LogP contribution in [0.25, 0.3) is 10.8 Å². The molecule has 15 heteroatoms. The van der Waals surface area contributed by atoms with Gasteiger partial charge in [0.15, 0.2) is 5.75 Å². The van der Waals surface area contributed by atoms with Crippen LogP contribution >= 0.6 is 0 Å². The molecule has 3 heterocycles. The third-order valence-corrected chi connectivity index (χ3v) is 11.3. The molecule has 0 aromatic heterocycles. The largest absolute Gasteiger partial charge is 0.507 e. The molecule has 5 rings (SSSR count). The predicted octanol–water partition coefficient (Wildman–Crippen LogP) is 6.21. The van der Waals surface area contributed by atoms with Crippen molar-refractivity contribution < 1.29 is 58.9 Å². The number of methoxy groups -OCH3 is 1. The van der Waals surface area contributed by atoms with Crippen LogP contribution in [0.15, 0.2) is 41.2 Å². The number of hydrogen-bond donors (Lipinski definition) is 6. The first kappa shape index (κ1) is 46.6. The van der Waals surface area contributed by atoms with Crippen LogP contribution in [0.4, 0.5) is 5.69 Å². The summed E-state index contributed by atoms with van der Waals surface area (Å²) in [4.78, 5) is 40.5. The second kappa shape index (κ2) is 19.3. The minimum absolute atomic E-state index is 0.0556. The number of carbonyl (C=O) groups is 3. The molecule has 0 spiro atoms. The van der Waals surface area contributed by atoms with Gasteiger partial charge in [-0.25, -0.2) is 0 Å². The first-order chi connectivity index (χ1) is 27.8. The van der Waals surface area contributed by atoms with Crippen LogP contribution in [0.5, 0.6) is 23.0 Å². The van der Waals surface area contributed by atoms with Gasteiger partial charge in [0.05, 0.1) is 53.0 Å². The van der Waals surface area contributed by atoms with E-state index in [0.29, 0.717) is 13.1 Å². The number of hydrazone groups is 1. The number of nitrogens with zero attached hydrogens (tertiary/aromatic N) is 2. The van der Waals surface area contributed by atoms with Gasteiger partial charge in [0, 0.05) is 74.2 Å². The number of phenols is 3. The number of aromatic hydroxyl groups is 3. The Hall–Kier alpha value is -5.12. The molecule has 59 heavy (non-hydrogen) atoms. The van der Waals surface area contributed by atoms with Crippen molar-refractivity contribution in [3.63, 3.8) is 0 Å². The molecule has 9 atom stereocenters. The maximum absolute atomic E-state index is 14.4. The van der Waals surface area contributed by atoms with Crippen molar-refractivity contribution in [1.29, 1.82) is 0 Å². The second-order valence-corrected chi connectivity index (χ2v) is 15.8. The fourth-order valence-electron chi connectivity index (χ4n) is 7.76. The molecule has 0 saturated carbocycles. The van der Waals surface area contributed by atoms with Crippen molar-refractivity contribution in [2.45, 2.75) is 112 Å². The van der Waals surface area contributed by atoms with Gasteiger partial charge in [0.25, 0.3) is 11.7 Å². The highest BCUT2D eigenvalue weighted by atomic mass is 16.7. The number of benzene rings is 2. The topological polar surface area (TPSA) is 217 Å². The summed E-state index contributed by atoms with van der Waals surface area (Å²) in [7, 11) is 1.44. The van der Waals surface area contributed by atoms with E-state index in [1.54, 1.807) is 44.9 Å². The van der Waals surface area contributed by atoms with Crippen molar-refractivity contribution in [1.82, 2.24) is 5.01 Å². The summed E-state index contributed by atoms with van der Waals surface area (Å²) in [5, 5.41) is 66.9. The van der Waals surface area contributed by atoms with Gasteiger partial charge in [-0.3, -0.25) is 19.4 Å². The van der Waals surface area contributed by atoms with Gasteiger partial charge in [-0.1, -0.05) is 59.8 Å². The SMILES string of the molecule is CCCN(CCC)N=Cc1c2c(O)c3c(O)c(C)c4c(c3c1O)C(=O)[C@@](C)(OC=C[C@H](OC)[C@H](C)[C@H](OC(C)=O)[C@H](C)[C@H](O)[C@H](C)[C@H](O)[C@@H](C)C=CC=C(C)C(=O)N2)O4. The van der Waals surface area contributed by atoms with Gasteiger partial charge in [0.1, 0.15) is 23.4 Å². The number of Topliss-reactive ketones (excluding diaryl/α,β-unsaturated/α-hetero) is 1. The lowest BCUT2D eigenvalue weighted by molar-refractivity contribution is -0.160. The highest BCUT2D eigenvalue weighted by molar-refractivity contribution is 6.23. The average molecular weight is 824 g/mol. The van der Waals surface area contributed by atoms with Gasteiger partial charge < -0.3 is 49.8 Å². The summed E-state index contributed by atoms with van der Waals surface area (Å²) in [6, 6.07) is 0. The molecule has 1 amide bonds. The molecular weight excluding hydrogens is 762 g/mol. The number of esters is 1. The summed E-state index contributed by atoms with van der Waals surface area (Å²) in [6.07, 6.45) is 6.38. The van der Waals surface area contributed by atoms with E-state index < -0.39 is 88.8 Å². The molecule has 3 aliphatic rings. The molecular formula is C44H61N3O12. The Balaban J connectivity index is 2.00. The normalized spacial score (nSPS) is 28.1. The van der Waals surface area contributed by atoms with Crippen LogP contribution in [-0.4, -0.2) is 105 Å². The van der Waals surface area contributed by atoms with E-state index in [1.807, 2.05) is 13.8 Å². The lowest BCUT2D eigenvalue weighted by Gasteiger charge is -2.38. The molecule has 0 saturated heterocycles. The third kappa shape index (κ3) is 9.53. The molecule has 2 aromatic carbocycles. The molecule has 0 radical (unpaired) electrons. The Morgan fingerprint density at radius 3 is 2.19 bits per heavy atom. The maximum atomic E-state index is 14.4. The van der Waals surface area contributed by atoms with E-state index in [9.17, 15) is 39.9 Å². The van der Waals surface area contributed by atoms with Gasteiger partial charge >= 0.3 is 11.8 Å². The summed E-state index contributed by atoms with van der Waals surface area (Å²) >= 11 is 0. The molecule has 6 N–H and O–H groups in total. The molecule has 3 aliphatic heterocycles. The number of phenolic OH excluding ortho intramolecular Hbond substituents is 3. The van der Waals surface area contributed by atoms with Crippen molar-refractivity contribution >= 4 is 40.3 Å². The minimum atomic E-state index is -2.04. The fourth-order valence-corrected chi connectivity index (χ4v) is 7.76. The number of carbonyl (C=O) groups excluding carboxylic acids is 3. The van der Waals surface area contributed by atoms with Crippen molar-refractivity contribution in [2.24, 2.45) is 28.8 Å². The van der Waals surface area contributed by atoms with Crippen molar-refractivity contribution in [3.05, 3.63) is 52.8 Å². The van der Waals surface area contributed by atoms with Gasteiger partial charge in [0.2, 0.25) is 0 Å². The zero-order chi connectivity index (χ0) is 44.1. The molecule has 324 valence electrons. The number of nitrogens with one attached hydrogen (secondary N) is 1. The van der Waals surface area contributed by atoms with E-state index in [4.69, 9.17) is 18.9 Å². The van der Waals surface area contributed by atoms with E-state index in [-0.39, 0.29) is 44.5 Å². The monoisotopic (exact) mass is 823 g/mol. The number of rotatable bonds is 8. The van der Waals surface area contributed by atoms with E-state index in [1.165, 1.54) is 59.4 Å². The number of hydrogen-bond acceptors (Lipinski definition) is 14. The van der Waals surface area contributed by atoms with E-state index >= 15 is 0 Å². The number of amides is 1. The smallest absolute Gasteiger partial charge is 0.312 e. The first-order valence-electron chi connectivity index (χ1n) is 20.1. The zero-order valence-corrected chi connectivity index (χ0v) is 35.9. The Bertz CT molecular complexity index is 2020. The van der Waals surface area contributed by atoms with Crippen LogP contribution in [-0.2, 0) is 23.8 Å². The standard InChI is InChI=1S/C44H61N3O12/c1-12-18-47(19-13-2)45-21-29-34-39(53)32-31(38(29)52)33-41(27(8)37(32)51)59-44(10,42(33)54)57-20-17-30(56-11)24(5)40(58-28(9)48)26(7)36(50)25(6)35(49)22(3)15-14-16-23(4)43(55)46-34/h14-17,20-22,24-26,30,35-36,40,49-53H,12-13,18-19H2,1-11H3,(H,46,55)/t22-,24-,25+,26+,30-,35+,36+,40-,44-/m0/s1. The zero-order valence-electron chi connectivity index (χ0n) is 35.9. The van der Waals surface area contributed by atoms with Crippen LogP contribution < -0.4 is 10.1 Å². The quantitative estimate of drug-likeness (QED) is 0.0575. The summed E-state index contributed by atoms with van der Waals surface area (Å²) < 4.78 is 23.6. The number of ketones is 1. The Kier molecular flexibility index (Phi) is 15.2. The minimum Gasteiger partial charge on any atom is -0.507 e. The lowest BCUT2D eigenvalue weighted by Crippen LogP contribution is -2.46. The molecule has 15 nitrogen and oxygen atoms in total. The Morgan fingerprint density at radius 1 is 0.949 bits per heavy atom. The molecule has 0 fully saturated rings. The van der Waals surface area contributed by atoms with Crippen molar-refractivity contribution in [3.8, 4) is 23.0 Å². The number of fused-ring (bicyclic) bond motifs is 14. The molecule has 2 aromatic rings. The number of anilines is 1. The summed E-state index contributed by atoms with van der Waals surface area (Å²) in [5.41, 5.74) is -0.354. The van der Waals surface area contributed by atoms with Crippen LogP contribution in [0.1, 0.15) is 96.6 Å². The van der Waals surface area contributed by atoms with Gasteiger partial charge in [-0.2, -0.15) is 5.10 Å². The first-order valence-corrected chi connectivity index (χ1v) is 20.1. The third-order valence-electron chi connectivity index (χ3n) is 11.3. The Morgan fingerprint density at radius 2 is 1.59 bits per heavy atom. The van der Waals surface area contributed by atoms with E-state index in [0.717, 1.165) is 12.8 Å².